The summed E-state index contributed by atoms with van der Waals surface area (Å²) in [6.07, 6.45) is 6.90. The highest BCUT2D eigenvalue weighted by Gasteiger charge is 2.54. The van der Waals surface area contributed by atoms with Gasteiger partial charge in [0, 0.05) is 5.92 Å². The van der Waals surface area contributed by atoms with Gasteiger partial charge in [-0.05, 0) is 68.6 Å². The molecule has 1 saturated heterocycles. The number of ether oxygens (including phenoxy) is 2. The van der Waals surface area contributed by atoms with Crippen LogP contribution < -0.4 is 0 Å². The van der Waals surface area contributed by atoms with Crippen molar-refractivity contribution in [3.8, 4) is 0 Å². The molecule has 0 aromatic heterocycles. The minimum atomic E-state index is -0.331. The number of fused-ring (bicyclic) bond motifs is 1. The Morgan fingerprint density at radius 3 is 2.05 bits per heavy atom. The Hall–Kier alpha value is -0.0800. The molecule has 5 unspecified atom stereocenters. The van der Waals surface area contributed by atoms with Gasteiger partial charge < -0.3 is 9.47 Å². The van der Waals surface area contributed by atoms with Crippen molar-refractivity contribution in [2.45, 2.75) is 85.5 Å². The highest BCUT2D eigenvalue weighted by Crippen LogP contribution is 2.60. The summed E-state index contributed by atoms with van der Waals surface area (Å²) < 4.78 is 12.2. The Morgan fingerprint density at radius 1 is 0.857 bits per heavy atom. The van der Waals surface area contributed by atoms with E-state index in [4.69, 9.17) is 9.47 Å². The summed E-state index contributed by atoms with van der Waals surface area (Å²) in [5, 5.41) is 0. The predicted molar refractivity (Wildman–Crippen MR) is 86.0 cm³/mol. The number of rotatable bonds is 1. The lowest BCUT2D eigenvalue weighted by Crippen LogP contribution is -2.50. The number of hydrogen-bond donors (Lipinski definition) is 0. The Labute approximate surface area is 131 Å². The van der Waals surface area contributed by atoms with Gasteiger partial charge >= 0.3 is 0 Å². The van der Waals surface area contributed by atoms with Crippen molar-refractivity contribution >= 4 is 0 Å². The maximum absolute atomic E-state index is 6.17. The minimum Gasteiger partial charge on any atom is -0.347 e. The zero-order chi connectivity index (χ0) is 15.5. The average Bonchev–Trinajstić information content (AvgIpc) is 2.76. The standard InChI is InChI=1S/C19H34O2/c1-13-12-20-19(6,21-13)14-7-8-15-16(11-14)18(4,5)10-9-17(15,2)3/h13-16H,7-12H2,1-6H3. The van der Waals surface area contributed by atoms with Crippen LogP contribution in [0.4, 0.5) is 0 Å². The predicted octanol–water partition coefficient (Wildman–Crippen LogP) is 5.02. The first-order valence-electron chi connectivity index (χ1n) is 8.96. The molecule has 3 rings (SSSR count). The van der Waals surface area contributed by atoms with Gasteiger partial charge in [0.2, 0.25) is 0 Å². The van der Waals surface area contributed by atoms with E-state index in [0.717, 1.165) is 18.4 Å². The van der Waals surface area contributed by atoms with Crippen LogP contribution in [0.5, 0.6) is 0 Å². The third kappa shape index (κ3) is 2.67. The molecule has 0 spiro atoms. The highest BCUT2D eigenvalue weighted by atomic mass is 16.7. The van der Waals surface area contributed by atoms with Crippen LogP contribution in [0.2, 0.25) is 0 Å². The van der Waals surface area contributed by atoms with E-state index >= 15 is 0 Å². The van der Waals surface area contributed by atoms with Crippen LogP contribution in [0, 0.1) is 28.6 Å². The topological polar surface area (TPSA) is 18.5 Å². The van der Waals surface area contributed by atoms with Crippen molar-refractivity contribution in [2.24, 2.45) is 28.6 Å². The van der Waals surface area contributed by atoms with Crippen LogP contribution in [0.3, 0.4) is 0 Å². The molecule has 1 aliphatic heterocycles. The second-order valence-corrected chi connectivity index (χ2v) is 9.46. The second-order valence-electron chi connectivity index (χ2n) is 9.46. The van der Waals surface area contributed by atoms with E-state index in [1.54, 1.807) is 0 Å². The lowest BCUT2D eigenvalue weighted by molar-refractivity contribution is -0.212. The first-order chi connectivity index (χ1) is 9.64. The van der Waals surface area contributed by atoms with Gasteiger partial charge in [0.15, 0.2) is 5.79 Å². The van der Waals surface area contributed by atoms with Crippen LogP contribution in [-0.4, -0.2) is 18.5 Å². The molecule has 122 valence electrons. The van der Waals surface area contributed by atoms with Crippen LogP contribution in [0.15, 0.2) is 0 Å². The van der Waals surface area contributed by atoms with Gasteiger partial charge in [-0.2, -0.15) is 0 Å². The molecule has 3 aliphatic rings. The molecule has 0 amide bonds. The quantitative estimate of drug-likeness (QED) is 0.676. The van der Waals surface area contributed by atoms with E-state index < -0.39 is 0 Å². The van der Waals surface area contributed by atoms with Gasteiger partial charge in [0.25, 0.3) is 0 Å². The molecule has 0 aromatic carbocycles. The van der Waals surface area contributed by atoms with Gasteiger partial charge in [-0.25, -0.2) is 0 Å². The molecule has 2 heteroatoms. The van der Waals surface area contributed by atoms with E-state index in [-0.39, 0.29) is 11.9 Å². The van der Waals surface area contributed by atoms with E-state index in [9.17, 15) is 0 Å². The Morgan fingerprint density at radius 2 is 1.48 bits per heavy atom. The molecule has 2 aliphatic carbocycles. The SMILES string of the molecule is CC1COC(C)(C2CCC3C(C2)C(C)(C)CCC3(C)C)O1. The van der Waals surface area contributed by atoms with Gasteiger partial charge in [0.1, 0.15) is 0 Å². The molecule has 3 fully saturated rings. The summed E-state index contributed by atoms with van der Waals surface area (Å²) in [4.78, 5) is 0. The molecule has 0 radical (unpaired) electrons. The second kappa shape index (κ2) is 4.96. The van der Waals surface area contributed by atoms with E-state index in [0.29, 0.717) is 16.7 Å². The van der Waals surface area contributed by atoms with Crippen LogP contribution in [0.1, 0.15) is 73.6 Å². The maximum Gasteiger partial charge on any atom is 0.168 e. The summed E-state index contributed by atoms with van der Waals surface area (Å²) >= 11 is 0. The lowest BCUT2D eigenvalue weighted by Gasteiger charge is -2.57. The zero-order valence-corrected chi connectivity index (χ0v) is 14.9. The first kappa shape index (κ1) is 15.8. The van der Waals surface area contributed by atoms with Crippen molar-refractivity contribution in [3.05, 3.63) is 0 Å². The van der Waals surface area contributed by atoms with E-state index in [1.807, 2.05) is 0 Å². The Kier molecular flexibility index (Phi) is 3.73. The van der Waals surface area contributed by atoms with Crippen molar-refractivity contribution < 1.29 is 9.47 Å². The highest BCUT2D eigenvalue weighted by molar-refractivity contribution is 5.01. The molecular weight excluding hydrogens is 260 g/mol. The van der Waals surface area contributed by atoms with E-state index in [2.05, 4.69) is 41.5 Å². The molecule has 21 heavy (non-hydrogen) atoms. The fourth-order valence-electron chi connectivity index (χ4n) is 5.43. The Bertz CT molecular complexity index is 400. The summed E-state index contributed by atoms with van der Waals surface area (Å²) in [6.45, 7) is 15.0. The molecule has 2 nitrogen and oxygen atoms in total. The maximum atomic E-state index is 6.17. The fourth-order valence-corrected chi connectivity index (χ4v) is 5.43. The van der Waals surface area contributed by atoms with Crippen molar-refractivity contribution in [3.63, 3.8) is 0 Å². The largest absolute Gasteiger partial charge is 0.347 e. The van der Waals surface area contributed by atoms with Gasteiger partial charge in [-0.1, -0.05) is 27.7 Å². The summed E-state index contributed by atoms with van der Waals surface area (Å²) in [6, 6.07) is 0. The zero-order valence-electron chi connectivity index (χ0n) is 14.9. The third-order valence-electron chi connectivity index (χ3n) is 7.05. The molecule has 0 N–H and O–H groups in total. The van der Waals surface area contributed by atoms with Crippen LogP contribution in [0.25, 0.3) is 0 Å². The molecule has 2 saturated carbocycles. The van der Waals surface area contributed by atoms with Crippen molar-refractivity contribution in [2.75, 3.05) is 6.61 Å². The normalized spacial score (nSPS) is 48.9. The fraction of sp³-hybridized carbons (Fsp3) is 1.00. The summed E-state index contributed by atoms with van der Waals surface area (Å²) in [5.74, 6) is 1.93. The summed E-state index contributed by atoms with van der Waals surface area (Å²) in [5.41, 5.74) is 0.982. The molecule has 0 bridgehead atoms. The van der Waals surface area contributed by atoms with Crippen LogP contribution in [-0.2, 0) is 9.47 Å². The monoisotopic (exact) mass is 294 g/mol. The molecule has 1 heterocycles. The molecular formula is C19H34O2. The molecule has 0 aromatic rings. The van der Waals surface area contributed by atoms with Crippen molar-refractivity contribution in [1.29, 1.82) is 0 Å². The lowest BCUT2D eigenvalue weighted by atomic mass is 9.49. The van der Waals surface area contributed by atoms with Gasteiger partial charge in [0.05, 0.1) is 12.7 Å². The third-order valence-corrected chi connectivity index (χ3v) is 7.05. The van der Waals surface area contributed by atoms with Gasteiger partial charge in [-0.15, -0.1) is 0 Å². The first-order valence-corrected chi connectivity index (χ1v) is 8.96. The molecule has 5 atom stereocenters. The summed E-state index contributed by atoms with van der Waals surface area (Å²) in [7, 11) is 0. The smallest absolute Gasteiger partial charge is 0.168 e. The number of hydrogen-bond acceptors (Lipinski definition) is 2. The van der Waals surface area contributed by atoms with Crippen LogP contribution >= 0.6 is 0 Å². The average molecular weight is 294 g/mol. The minimum absolute atomic E-state index is 0.253. The Balaban J connectivity index is 1.79. The van der Waals surface area contributed by atoms with Crippen molar-refractivity contribution in [1.82, 2.24) is 0 Å². The van der Waals surface area contributed by atoms with Gasteiger partial charge in [-0.3, -0.25) is 0 Å². The van der Waals surface area contributed by atoms with E-state index in [1.165, 1.54) is 32.1 Å².